The van der Waals surface area contributed by atoms with E-state index in [4.69, 9.17) is 30.6 Å². The molecule has 1 aliphatic heterocycles. The van der Waals surface area contributed by atoms with Crippen molar-refractivity contribution in [3.8, 4) is 0 Å². The molecular formula is C19H41NO6. The second-order valence-corrected chi connectivity index (χ2v) is 7.43. The summed E-state index contributed by atoms with van der Waals surface area (Å²) in [5.74, 6) is 0. The van der Waals surface area contributed by atoms with E-state index in [0.29, 0.717) is 13.1 Å². The van der Waals surface area contributed by atoms with Gasteiger partial charge < -0.3 is 36.0 Å². The Morgan fingerprint density at radius 1 is 0.731 bits per heavy atom. The van der Waals surface area contributed by atoms with E-state index in [0.717, 1.165) is 26.4 Å². The molecule has 1 saturated heterocycles. The molecule has 0 aromatic heterocycles. The molecule has 0 aromatic carbocycles. The minimum Gasteiger partial charge on any atom is -0.400 e. The molecule has 0 unspecified atom stereocenters. The van der Waals surface area contributed by atoms with Gasteiger partial charge in [-0.1, -0.05) is 12.2 Å². The molecule has 4 atom stereocenters. The largest absolute Gasteiger partial charge is 0.400 e. The molecule has 0 radical (unpaired) electrons. The zero-order valence-corrected chi connectivity index (χ0v) is 16.8. The van der Waals surface area contributed by atoms with E-state index in [1.54, 1.807) is 20.8 Å². The lowest BCUT2D eigenvalue weighted by Gasteiger charge is -2.04. The highest BCUT2D eigenvalue weighted by molar-refractivity contribution is 4.88. The molecule has 2 fully saturated rings. The molecule has 3 aliphatic rings. The summed E-state index contributed by atoms with van der Waals surface area (Å²) in [5, 5.41) is 53.2. The summed E-state index contributed by atoms with van der Waals surface area (Å²) in [6.45, 7) is 6.29. The van der Waals surface area contributed by atoms with Gasteiger partial charge >= 0.3 is 0 Å². The topological polar surface area (TPSA) is 133 Å². The molecule has 158 valence electrons. The van der Waals surface area contributed by atoms with Crippen LogP contribution in [0.1, 0.15) is 59.3 Å². The van der Waals surface area contributed by atoms with Crippen molar-refractivity contribution < 1.29 is 30.6 Å². The van der Waals surface area contributed by atoms with Crippen LogP contribution in [0, 0.1) is 0 Å². The third kappa shape index (κ3) is 19.8. The maximum atomic E-state index is 8.75. The van der Waals surface area contributed by atoms with Crippen LogP contribution in [-0.4, -0.2) is 80.9 Å². The van der Waals surface area contributed by atoms with Gasteiger partial charge in [-0.25, -0.2) is 0 Å². The molecule has 2 aliphatic carbocycles. The summed E-state index contributed by atoms with van der Waals surface area (Å²) in [6.07, 6.45) is 9.09. The van der Waals surface area contributed by atoms with Crippen LogP contribution in [-0.2, 0) is 0 Å². The van der Waals surface area contributed by atoms with Crippen molar-refractivity contribution in [2.75, 3.05) is 20.2 Å². The fourth-order valence-electron chi connectivity index (χ4n) is 2.16. The molecule has 7 heteroatoms. The fraction of sp³-hybridized carbons (Fsp3) is 0.895. The van der Waals surface area contributed by atoms with Crippen LogP contribution in [0.15, 0.2) is 12.2 Å². The highest BCUT2D eigenvalue weighted by Gasteiger charge is 2.22. The van der Waals surface area contributed by atoms with Gasteiger partial charge in [0, 0.05) is 20.2 Å². The average Bonchev–Trinajstić information content (AvgIpc) is 3.30. The Kier molecular flexibility index (Phi) is 17.7. The predicted molar refractivity (Wildman–Crippen MR) is 104 cm³/mol. The smallest absolute Gasteiger partial charge is 0.0935 e. The number of β-amino-alcohol motifs (C(OH)–C–C–N with tert-alkyl or cyclic N) is 2. The van der Waals surface area contributed by atoms with Crippen molar-refractivity contribution >= 4 is 0 Å². The van der Waals surface area contributed by atoms with Gasteiger partial charge in [0.15, 0.2) is 0 Å². The van der Waals surface area contributed by atoms with E-state index in [1.807, 2.05) is 0 Å². The highest BCUT2D eigenvalue weighted by atomic mass is 16.3. The molecule has 0 amide bonds. The third-order valence-corrected chi connectivity index (χ3v) is 3.50. The van der Waals surface area contributed by atoms with Crippen LogP contribution in [0.4, 0.5) is 0 Å². The molecule has 0 spiro atoms. The van der Waals surface area contributed by atoms with Crippen LogP contribution < -0.4 is 5.32 Å². The number of aliphatic hydroxyl groups excluding tert-OH is 5. The van der Waals surface area contributed by atoms with Crippen molar-refractivity contribution in [2.24, 2.45) is 0 Å². The van der Waals surface area contributed by atoms with Gasteiger partial charge in [0.25, 0.3) is 0 Å². The van der Waals surface area contributed by atoms with Crippen molar-refractivity contribution in [2.45, 2.75) is 89.3 Å². The van der Waals surface area contributed by atoms with Gasteiger partial charge in [-0.3, -0.25) is 0 Å². The maximum Gasteiger partial charge on any atom is 0.0935 e. The Labute approximate surface area is 158 Å². The number of rotatable bonds is 0. The van der Waals surface area contributed by atoms with Gasteiger partial charge in [-0.15, -0.1) is 0 Å². The Balaban J connectivity index is 0. The number of hydrogen-bond acceptors (Lipinski definition) is 7. The minimum atomic E-state index is -0.542. The Hall–Kier alpha value is -0.540. The van der Waals surface area contributed by atoms with E-state index >= 15 is 0 Å². The predicted octanol–water partition coefficient (Wildman–Crippen LogP) is 0.316. The van der Waals surface area contributed by atoms with Gasteiger partial charge in [-0.2, -0.15) is 0 Å². The zero-order valence-electron chi connectivity index (χ0n) is 16.8. The zero-order chi connectivity index (χ0) is 20.6. The monoisotopic (exact) mass is 379 g/mol. The number of aliphatic hydroxyl groups is 6. The average molecular weight is 380 g/mol. The SMILES string of the molecule is C1=CCCC1.CC(C)(C)O.CO.O[C@@H]1CCC[C@@H]1O.O[C@@H]1CNC[C@@H]1O. The fourth-order valence-corrected chi connectivity index (χ4v) is 2.16. The van der Waals surface area contributed by atoms with Crippen LogP contribution >= 0.6 is 0 Å². The first-order valence-corrected chi connectivity index (χ1v) is 9.36. The summed E-state index contributed by atoms with van der Waals surface area (Å²) < 4.78 is 0. The summed E-state index contributed by atoms with van der Waals surface area (Å²) in [4.78, 5) is 0. The van der Waals surface area contributed by atoms with Crippen LogP contribution in [0.25, 0.3) is 0 Å². The van der Waals surface area contributed by atoms with Crippen molar-refractivity contribution in [1.82, 2.24) is 5.32 Å². The Morgan fingerprint density at radius 3 is 1.19 bits per heavy atom. The molecule has 0 aromatic rings. The van der Waals surface area contributed by atoms with Crippen LogP contribution in [0.2, 0.25) is 0 Å². The molecule has 26 heavy (non-hydrogen) atoms. The lowest BCUT2D eigenvalue weighted by Crippen LogP contribution is -2.22. The number of nitrogens with one attached hydrogen (secondary N) is 1. The second-order valence-electron chi connectivity index (χ2n) is 7.43. The first kappa shape index (κ1) is 27.7. The van der Waals surface area contributed by atoms with Crippen LogP contribution in [0.3, 0.4) is 0 Å². The maximum absolute atomic E-state index is 8.75. The molecule has 1 saturated carbocycles. The molecule has 7 nitrogen and oxygen atoms in total. The first-order chi connectivity index (χ1) is 12.1. The molecule has 7 N–H and O–H groups in total. The Bertz CT molecular complexity index is 286. The summed E-state index contributed by atoms with van der Waals surface area (Å²) in [6, 6.07) is 0. The van der Waals surface area contributed by atoms with Crippen LogP contribution in [0.5, 0.6) is 0 Å². The van der Waals surface area contributed by atoms with Gasteiger partial charge in [0.1, 0.15) is 0 Å². The van der Waals surface area contributed by atoms with Gasteiger partial charge in [0.05, 0.1) is 30.0 Å². The lowest BCUT2D eigenvalue weighted by molar-refractivity contribution is 0.0438. The normalized spacial score (nSPS) is 29.2. The standard InChI is InChI=1S/C5H10O2.C5H8.C4H9NO2.C4H10O.CH4O/c6-4-2-1-3-5(4)7;1-2-4-5-3-1;6-3-1-5-2-4(3)7;1-4(2,3)5;1-2/h4-7H,1-3H2;1-2H,3-5H2;3-7H,1-2H2;5H,1-3H3;2H,1H3/t4-,5+;;3-,4+;;. The van der Waals surface area contributed by atoms with Gasteiger partial charge in [-0.05, 0) is 59.3 Å². The van der Waals surface area contributed by atoms with E-state index in [2.05, 4.69) is 17.5 Å². The third-order valence-electron chi connectivity index (χ3n) is 3.50. The first-order valence-electron chi connectivity index (χ1n) is 9.36. The molecule has 0 bridgehead atoms. The highest BCUT2D eigenvalue weighted by Crippen LogP contribution is 2.17. The van der Waals surface area contributed by atoms with E-state index in [9.17, 15) is 0 Å². The minimum absolute atomic E-state index is 0.431. The van der Waals surface area contributed by atoms with Gasteiger partial charge in [0.2, 0.25) is 0 Å². The Morgan fingerprint density at radius 2 is 1.08 bits per heavy atom. The van der Waals surface area contributed by atoms with Crippen molar-refractivity contribution in [1.29, 1.82) is 0 Å². The van der Waals surface area contributed by atoms with E-state index < -0.39 is 30.0 Å². The second kappa shape index (κ2) is 16.6. The molecule has 3 rings (SSSR count). The van der Waals surface area contributed by atoms with Crippen molar-refractivity contribution in [3.63, 3.8) is 0 Å². The lowest BCUT2D eigenvalue weighted by atomic mass is 10.2. The van der Waals surface area contributed by atoms with Crippen molar-refractivity contribution in [3.05, 3.63) is 12.2 Å². The van der Waals surface area contributed by atoms with E-state index in [-0.39, 0.29) is 0 Å². The summed E-state index contributed by atoms with van der Waals surface area (Å²) >= 11 is 0. The van der Waals surface area contributed by atoms with E-state index in [1.165, 1.54) is 19.3 Å². The molecule has 1 heterocycles. The summed E-state index contributed by atoms with van der Waals surface area (Å²) in [5.41, 5.74) is -0.500. The summed E-state index contributed by atoms with van der Waals surface area (Å²) in [7, 11) is 1.00. The number of hydrogen-bond donors (Lipinski definition) is 7. The molecular weight excluding hydrogens is 338 g/mol. The number of allylic oxidation sites excluding steroid dienone is 2. The quantitative estimate of drug-likeness (QED) is 0.301.